The number of halogens is 2. The maximum absolute atomic E-state index is 13.6. The molecule has 0 atom stereocenters. The third-order valence-electron chi connectivity index (χ3n) is 2.43. The summed E-state index contributed by atoms with van der Waals surface area (Å²) in [6.45, 7) is 3.06. The standard InChI is InChI=1S/C12H10ClFN2O/c1-7-9(13)6-16(15-7)11-5-3-4-10(14)12(11)8(2)17/h3-6H,1-2H3. The number of hydrogen-bond acceptors (Lipinski definition) is 2. The van der Waals surface area contributed by atoms with Crippen LogP contribution < -0.4 is 0 Å². The monoisotopic (exact) mass is 252 g/mol. The normalized spacial score (nSPS) is 10.6. The largest absolute Gasteiger partial charge is 0.294 e. The highest BCUT2D eigenvalue weighted by atomic mass is 35.5. The van der Waals surface area contributed by atoms with E-state index in [0.717, 1.165) is 0 Å². The Balaban J connectivity index is 2.67. The molecule has 0 aliphatic rings. The van der Waals surface area contributed by atoms with Crippen LogP contribution in [0.1, 0.15) is 23.0 Å². The van der Waals surface area contributed by atoms with Crippen molar-refractivity contribution in [2.24, 2.45) is 0 Å². The SMILES string of the molecule is CC(=O)c1c(F)cccc1-n1cc(Cl)c(C)n1. The Morgan fingerprint density at radius 1 is 1.47 bits per heavy atom. The molecule has 0 saturated heterocycles. The summed E-state index contributed by atoms with van der Waals surface area (Å²) in [6.07, 6.45) is 1.55. The zero-order chi connectivity index (χ0) is 12.6. The first kappa shape index (κ1) is 11.8. The van der Waals surface area contributed by atoms with Crippen molar-refractivity contribution in [3.8, 4) is 5.69 Å². The van der Waals surface area contributed by atoms with Gasteiger partial charge >= 0.3 is 0 Å². The molecule has 0 amide bonds. The van der Waals surface area contributed by atoms with Crippen LogP contribution in [-0.2, 0) is 0 Å². The summed E-state index contributed by atoms with van der Waals surface area (Å²) in [5, 5.41) is 4.61. The second-order valence-corrected chi connectivity index (χ2v) is 4.10. The predicted molar refractivity (Wildman–Crippen MR) is 63.3 cm³/mol. The lowest BCUT2D eigenvalue weighted by Gasteiger charge is -2.07. The van der Waals surface area contributed by atoms with Crippen LogP contribution in [0.15, 0.2) is 24.4 Å². The first-order valence-electron chi connectivity index (χ1n) is 5.02. The Hall–Kier alpha value is -1.68. The number of Topliss-reactive ketones (excluding diaryl/α,β-unsaturated/α-hetero) is 1. The number of hydrogen-bond donors (Lipinski definition) is 0. The topological polar surface area (TPSA) is 34.9 Å². The molecule has 0 fully saturated rings. The lowest BCUT2D eigenvalue weighted by molar-refractivity contribution is 0.101. The van der Waals surface area contributed by atoms with Crippen LogP contribution in [0, 0.1) is 12.7 Å². The van der Waals surface area contributed by atoms with Gasteiger partial charge in [-0.25, -0.2) is 9.07 Å². The number of aromatic nitrogens is 2. The number of rotatable bonds is 2. The van der Waals surface area contributed by atoms with Gasteiger partial charge in [0, 0.05) is 6.20 Å². The molecule has 5 heteroatoms. The fraction of sp³-hybridized carbons (Fsp3) is 0.167. The minimum absolute atomic E-state index is 0.0201. The van der Waals surface area contributed by atoms with Gasteiger partial charge in [-0.1, -0.05) is 17.7 Å². The van der Waals surface area contributed by atoms with E-state index in [4.69, 9.17) is 11.6 Å². The average molecular weight is 253 g/mol. The molecule has 0 unspecified atom stereocenters. The van der Waals surface area contributed by atoms with Crippen LogP contribution in [0.4, 0.5) is 4.39 Å². The molecule has 0 N–H and O–H groups in total. The van der Waals surface area contributed by atoms with Gasteiger partial charge in [-0.05, 0) is 26.0 Å². The van der Waals surface area contributed by atoms with Crippen LogP contribution in [0.25, 0.3) is 5.69 Å². The molecular formula is C12H10ClFN2O. The first-order chi connectivity index (χ1) is 8.00. The summed E-state index contributed by atoms with van der Waals surface area (Å²) >= 11 is 5.89. The van der Waals surface area contributed by atoms with Crippen molar-refractivity contribution in [1.82, 2.24) is 9.78 Å². The third kappa shape index (κ3) is 2.08. The van der Waals surface area contributed by atoms with E-state index in [1.165, 1.54) is 23.7 Å². The molecule has 1 heterocycles. The van der Waals surface area contributed by atoms with Crippen molar-refractivity contribution in [3.63, 3.8) is 0 Å². The molecule has 3 nitrogen and oxygen atoms in total. The van der Waals surface area contributed by atoms with Gasteiger partial charge < -0.3 is 0 Å². The lowest BCUT2D eigenvalue weighted by Crippen LogP contribution is -2.06. The predicted octanol–water partition coefficient (Wildman–Crippen LogP) is 3.18. The Morgan fingerprint density at radius 3 is 2.71 bits per heavy atom. The molecule has 0 spiro atoms. The van der Waals surface area contributed by atoms with Gasteiger partial charge in [-0.15, -0.1) is 0 Å². The molecule has 2 aromatic rings. The van der Waals surface area contributed by atoms with Crippen molar-refractivity contribution in [2.45, 2.75) is 13.8 Å². The quantitative estimate of drug-likeness (QED) is 0.770. The minimum atomic E-state index is -0.556. The summed E-state index contributed by atoms with van der Waals surface area (Å²) in [7, 11) is 0. The van der Waals surface area contributed by atoms with Gasteiger partial charge in [0.25, 0.3) is 0 Å². The molecule has 17 heavy (non-hydrogen) atoms. The third-order valence-corrected chi connectivity index (χ3v) is 2.80. The number of ketones is 1. The Bertz CT molecular complexity index is 573. The fourth-order valence-corrected chi connectivity index (χ4v) is 1.74. The maximum Gasteiger partial charge on any atom is 0.164 e. The number of benzene rings is 1. The minimum Gasteiger partial charge on any atom is -0.294 e. The second kappa shape index (κ2) is 4.30. The van der Waals surface area contributed by atoms with Crippen LogP contribution >= 0.6 is 11.6 Å². The summed E-state index contributed by atoms with van der Waals surface area (Å²) in [5.74, 6) is -0.901. The Kier molecular flexibility index (Phi) is 2.98. The average Bonchev–Trinajstić information content (AvgIpc) is 2.58. The van der Waals surface area contributed by atoms with Crippen LogP contribution in [0.2, 0.25) is 5.02 Å². The fourth-order valence-electron chi connectivity index (χ4n) is 1.61. The molecule has 0 aliphatic heterocycles. The van der Waals surface area contributed by atoms with Gasteiger partial charge in [0.2, 0.25) is 0 Å². The van der Waals surface area contributed by atoms with Crippen LogP contribution in [0.5, 0.6) is 0 Å². The highest BCUT2D eigenvalue weighted by Crippen LogP contribution is 2.21. The van der Waals surface area contributed by atoms with Crippen molar-refractivity contribution >= 4 is 17.4 Å². The van der Waals surface area contributed by atoms with E-state index in [0.29, 0.717) is 16.4 Å². The molecule has 0 aliphatic carbocycles. The highest BCUT2D eigenvalue weighted by Gasteiger charge is 2.15. The highest BCUT2D eigenvalue weighted by molar-refractivity contribution is 6.31. The number of aryl methyl sites for hydroxylation is 1. The van der Waals surface area contributed by atoms with Crippen molar-refractivity contribution < 1.29 is 9.18 Å². The summed E-state index contributed by atoms with van der Waals surface area (Å²) < 4.78 is 15.0. The zero-order valence-corrected chi connectivity index (χ0v) is 10.1. The van der Waals surface area contributed by atoms with E-state index >= 15 is 0 Å². The van der Waals surface area contributed by atoms with Gasteiger partial charge in [-0.2, -0.15) is 5.10 Å². The molecule has 1 aromatic heterocycles. The van der Waals surface area contributed by atoms with Crippen LogP contribution in [0.3, 0.4) is 0 Å². The number of carbonyl (C=O) groups excluding carboxylic acids is 1. The van der Waals surface area contributed by atoms with E-state index < -0.39 is 5.82 Å². The lowest BCUT2D eigenvalue weighted by atomic mass is 10.1. The smallest absolute Gasteiger partial charge is 0.164 e. The molecule has 2 rings (SSSR count). The number of nitrogens with zero attached hydrogens (tertiary/aromatic N) is 2. The van der Waals surface area contributed by atoms with Crippen molar-refractivity contribution in [2.75, 3.05) is 0 Å². The van der Waals surface area contributed by atoms with Gasteiger partial charge in [0.1, 0.15) is 5.82 Å². The summed E-state index contributed by atoms with van der Waals surface area (Å²) in [4.78, 5) is 11.4. The zero-order valence-electron chi connectivity index (χ0n) is 9.37. The van der Waals surface area contributed by atoms with Gasteiger partial charge in [0.05, 0.1) is 22.0 Å². The molecular weight excluding hydrogens is 243 g/mol. The van der Waals surface area contributed by atoms with Gasteiger partial charge in [0.15, 0.2) is 5.78 Å². The van der Waals surface area contributed by atoms with Crippen molar-refractivity contribution in [3.05, 3.63) is 46.5 Å². The molecule has 1 aromatic carbocycles. The van der Waals surface area contributed by atoms with E-state index in [1.807, 2.05) is 0 Å². The van der Waals surface area contributed by atoms with Gasteiger partial charge in [-0.3, -0.25) is 4.79 Å². The first-order valence-corrected chi connectivity index (χ1v) is 5.40. The molecule has 0 saturated carbocycles. The maximum atomic E-state index is 13.6. The second-order valence-electron chi connectivity index (χ2n) is 3.70. The van der Waals surface area contributed by atoms with E-state index in [1.54, 1.807) is 19.2 Å². The van der Waals surface area contributed by atoms with Crippen molar-refractivity contribution in [1.29, 1.82) is 0 Å². The van der Waals surface area contributed by atoms with Crippen LogP contribution in [-0.4, -0.2) is 15.6 Å². The Labute approximate surface area is 103 Å². The molecule has 0 radical (unpaired) electrons. The van der Waals surface area contributed by atoms with E-state index in [9.17, 15) is 9.18 Å². The number of carbonyl (C=O) groups is 1. The summed E-state index contributed by atoms with van der Waals surface area (Å²) in [5.41, 5.74) is 1.05. The molecule has 88 valence electrons. The summed E-state index contributed by atoms with van der Waals surface area (Å²) in [6, 6.07) is 4.41. The Morgan fingerprint density at radius 2 is 2.18 bits per heavy atom. The van der Waals surface area contributed by atoms with E-state index in [-0.39, 0.29) is 11.3 Å². The molecule has 0 bridgehead atoms. The van der Waals surface area contributed by atoms with E-state index in [2.05, 4.69) is 5.10 Å².